The van der Waals surface area contributed by atoms with Crippen LogP contribution in [-0.2, 0) is 7.05 Å². The molecule has 0 amide bonds. The molecular formula is C13H24N2O2. The summed E-state index contributed by atoms with van der Waals surface area (Å²) in [7, 11) is 1.93. The Bertz CT molecular complexity index is 374. The molecule has 0 aliphatic carbocycles. The zero-order valence-corrected chi connectivity index (χ0v) is 11.4. The van der Waals surface area contributed by atoms with Gasteiger partial charge in [0.2, 0.25) is 0 Å². The molecule has 0 radical (unpaired) electrons. The van der Waals surface area contributed by atoms with Crippen LogP contribution in [0.5, 0.6) is 0 Å². The second kappa shape index (κ2) is 5.65. The van der Waals surface area contributed by atoms with E-state index in [-0.39, 0.29) is 5.92 Å². The van der Waals surface area contributed by atoms with Gasteiger partial charge in [0.15, 0.2) is 0 Å². The number of rotatable bonds is 5. The predicted molar refractivity (Wildman–Crippen MR) is 68.0 cm³/mol. The molecule has 0 aliphatic rings. The molecule has 4 heteroatoms. The molecular weight excluding hydrogens is 216 g/mol. The van der Waals surface area contributed by atoms with Crippen LogP contribution in [0.4, 0.5) is 0 Å². The van der Waals surface area contributed by atoms with Crippen molar-refractivity contribution in [3.8, 4) is 0 Å². The van der Waals surface area contributed by atoms with E-state index in [0.29, 0.717) is 12.8 Å². The number of aromatic nitrogens is 2. The summed E-state index contributed by atoms with van der Waals surface area (Å²) < 4.78 is 1.86. The Balaban J connectivity index is 2.79. The van der Waals surface area contributed by atoms with Gasteiger partial charge in [-0.25, -0.2) is 0 Å². The highest BCUT2D eigenvalue weighted by Gasteiger charge is 2.22. The first-order chi connectivity index (χ1) is 7.88. The molecule has 0 bridgehead atoms. The van der Waals surface area contributed by atoms with Gasteiger partial charge < -0.3 is 10.2 Å². The van der Waals surface area contributed by atoms with Crippen LogP contribution in [0.25, 0.3) is 0 Å². The summed E-state index contributed by atoms with van der Waals surface area (Å²) in [4.78, 5) is 0. The van der Waals surface area contributed by atoms with Gasteiger partial charge in [-0.1, -0.05) is 13.8 Å². The van der Waals surface area contributed by atoms with Gasteiger partial charge in [0, 0.05) is 12.7 Å². The molecule has 0 spiro atoms. The Morgan fingerprint density at radius 1 is 1.24 bits per heavy atom. The Morgan fingerprint density at radius 2 is 1.82 bits per heavy atom. The molecule has 3 atom stereocenters. The zero-order valence-electron chi connectivity index (χ0n) is 11.4. The number of aliphatic hydroxyl groups excluding tert-OH is 2. The van der Waals surface area contributed by atoms with Crippen LogP contribution in [0.15, 0.2) is 0 Å². The van der Waals surface area contributed by atoms with Crippen molar-refractivity contribution in [2.75, 3.05) is 0 Å². The van der Waals surface area contributed by atoms with E-state index >= 15 is 0 Å². The van der Waals surface area contributed by atoms with Crippen LogP contribution in [0.2, 0.25) is 0 Å². The van der Waals surface area contributed by atoms with Gasteiger partial charge in [-0.3, -0.25) is 4.68 Å². The lowest BCUT2D eigenvalue weighted by Crippen LogP contribution is -2.26. The molecule has 1 heterocycles. The van der Waals surface area contributed by atoms with Crippen LogP contribution in [-0.4, -0.2) is 32.2 Å². The van der Waals surface area contributed by atoms with E-state index in [1.165, 1.54) is 5.56 Å². The van der Waals surface area contributed by atoms with Gasteiger partial charge >= 0.3 is 0 Å². The first-order valence-electron chi connectivity index (χ1n) is 6.24. The number of aryl methyl sites for hydroxylation is 2. The van der Waals surface area contributed by atoms with Gasteiger partial charge in [-0.2, -0.15) is 5.10 Å². The minimum atomic E-state index is -0.658. The van der Waals surface area contributed by atoms with Crippen molar-refractivity contribution in [2.45, 2.75) is 58.7 Å². The summed E-state index contributed by atoms with van der Waals surface area (Å²) in [6.45, 7) is 7.97. The van der Waals surface area contributed by atoms with Crippen LogP contribution in [0, 0.1) is 13.8 Å². The van der Waals surface area contributed by atoms with Crippen molar-refractivity contribution < 1.29 is 10.2 Å². The summed E-state index contributed by atoms with van der Waals surface area (Å²) in [5.74, 6) is 0.208. The summed E-state index contributed by atoms with van der Waals surface area (Å²) in [5, 5.41) is 23.8. The second-order valence-electron chi connectivity index (χ2n) is 4.89. The zero-order chi connectivity index (χ0) is 13.2. The van der Waals surface area contributed by atoms with Gasteiger partial charge in [0.25, 0.3) is 0 Å². The maximum atomic E-state index is 9.86. The summed E-state index contributed by atoms with van der Waals surface area (Å²) in [6, 6.07) is 0. The van der Waals surface area contributed by atoms with E-state index in [0.717, 1.165) is 11.4 Å². The fourth-order valence-electron chi connectivity index (χ4n) is 2.41. The third-order valence-electron chi connectivity index (χ3n) is 3.52. The number of nitrogens with zero attached hydrogens (tertiary/aromatic N) is 2. The van der Waals surface area contributed by atoms with E-state index in [9.17, 15) is 10.2 Å². The van der Waals surface area contributed by atoms with Crippen LogP contribution in [0.3, 0.4) is 0 Å². The lowest BCUT2D eigenvalue weighted by Gasteiger charge is -2.20. The molecule has 4 nitrogen and oxygen atoms in total. The van der Waals surface area contributed by atoms with Crippen molar-refractivity contribution in [3.05, 3.63) is 17.0 Å². The maximum Gasteiger partial charge on any atom is 0.0804 e. The van der Waals surface area contributed by atoms with Crippen molar-refractivity contribution in [2.24, 2.45) is 7.05 Å². The summed E-state index contributed by atoms with van der Waals surface area (Å²) in [6.07, 6.45) is -0.134. The van der Waals surface area contributed by atoms with E-state index < -0.39 is 12.2 Å². The largest absolute Gasteiger partial charge is 0.390 e. The maximum absolute atomic E-state index is 9.86. The number of hydrogen-bond acceptors (Lipinski definition) is 3. The molecule has 1 aromatic heterocycles. The molecule has 0 saturated carbocycles. The molecule has 1 rings (SSSR count). The Hall–Kier alpha value is -0.870. The van der Waals surface area contributed by atoms with Gasteiger partial charge in [-0.05, 0) is 38.2 Å². The van der Waals surface area contributed by atoms with Gasteiger partial charge in [0.05, 0.1) is 17.9 Å². The fourth-order valence-corrected chi connectivity index (χ4v) is 2.41. The summed E-state index contributed by atoms with van der Waals surface area (Å²) >= 11 is 0. The average Bonchev–Trinajstić information content (AvgIpc) is 2.51. The van der Waals surface area contributed by atoms with Crippen molar-refractivity contribution >= 4 is 0 Å². The number of aliphatic hydroxyl groups is 2. The second-order valence-corrected chi connectivity index (χ2v) is 4.89. The predicted octanol–water partition coefficient (Wildman–Crippen LogP) is 1.66. The van der Waals surface area contributed by atoms with E-state index in [4.69, 9.17) is 0 Å². The first kappa shape index (κ1) is 14.2. The monoisotopic (exact) mass is 240 g/mol. The Morgan fingerprint density at radius 3 is 2.24 bits per heavy atom. The Labute approximate surface area is 103 Å². The van der Waals surface area contributed by atoms with E-state index in [1.807, 2.05) is 32.5 Å². The van der Waals surface area contributed by atoms with Crippen molar-refractivity contribution in [1.29, 1.82) is 0 Å². The Kier molecular flexibility index (Phi) is 4.71. The van der Waals surface area contributed by atoms with Gasteiger partial charge in [0.1, 0.15) is 0 Å². The molecule has 0 fully saturated rings. The molecule has 1 aromatic rings. The van der Waals surface area contributed by atoms with Gasteiger partial charge in [-0.15, -0.1) is 0 Å². The lowest BCUT2D eigenvalue weighted by atomic mass is 9.91. The molecule has 2 N–H and O–H groups in total. The lowest BCUT2D eigenvalue weighted by molar-refractivity contribution is 0.00948. The minimum Gasteiger partial charge on any atom is -0.390 e. The van der Waals surface area contributed by atoms with E-state index in [2.05, 4.69) is 12.0 Å². The number of hydrogen-bond donors (Lipinski definition) is 2. The molecule has 0 aliphatic heterocycles. The smallest absolute Gasteiger partial charge is 0.0804 e. The van der Waals surface area contributed by atoms with Crippen LogP contribution >= 0.6 is 0 Å². The third kappa shape index (κ3) is 3.07. The first-order valence-corrected chi connectivity index (χ1v) is 6.24. The third-order valence-corrected chi connectivity index (χ3v) is 3.52. The van der Waals surface area contributed by atoms with E-state index in [1.54, 1.807) is 0 Å². The molecule has 0 aromatic carbocycles. The highest BCUT2D eigenvalue weighted by atomic mass is 16.3. The molecule has 98 valence electrons. The molecule has 17 heavy (non-hydrogen) atoms. The average molecular weight is 240 g/mol. The molecule has 0 saturated heterocycles. The van der Waals surface area contributed by atoms with Crippen molar-refractivity contribution in [1.82, 2.24) is 9.78 Å². The minimum absolute atomic E-state index is 0.208. The van der Waals surface area contributed by atoms with Crippen LogP contribution in [0.1, 0.15) is 49.6 Å². The topological polar surface area (TPSA) is 58.3 Å². The summed E-state index contributed by atoms with van der Waals surface area (Å²) in [5.41, 5.74) is 3.33. The highest BCUT2D eigenvalue weighted by Crippen LogP contribution is 2.27. The fraction of sp³-hybridized carbons (Fsp3) is 0.769. The highest BCUT2D eigenvalue weighted by molar-refractivity contribution is 5.28. The standard InChI is InChI=1S/C13H24N2O2/c1-6-11(16)12(17)7-8(2)13-9(3)14-15(5)10(13)4/h8,11-12,16-17H,6-7H2,1-5H3. The quantitative estimate of drug-likeness (QED) is 0.823. The normalized spacial score (nSPS) is 16.9. The SMILES string of the molecule is CCC(O)C(O)CC(C)c1c(C)nn(C)c1C. The van der Waals surface area contributed by atoms with Crippen LogP contribution < -0.4 is 0 Å². The van der Waals surface area contributed by atoms with Crippen molar-refractivity contribution in [3.63, 3.8) is 0 Å². The molecule has 3 unspecified atom stereocenters.